The van der Waals surface area contributed by atoms with E-state index in [1.807, 2.05) is 0 Å². The molecule has 0 bridgehead atoms. The Bertz CT molecular complexity index is 618. The first-order chi connectivity index (χ1) is 10.3. The normalized spacial score (nSPS) is 19.3. The quantitative estimate of drug-likeness (QED) is 0.779. The molecule has 1 fully saturated rings. The number of aryl methyl sites for hydroxylation is 2. The molecule has 0 amide bonds. The third-order valence-electron chi connectivity index (χ3n) is 5.17. The van der Waals surface area contributed by atoms with Crippen LogP contribution in [-0.4, -0.2) is 55.7 Å². The van der Waals surface area contributed by atoms with E-state index in [2.05, 4.69) is 39.0 Å². The third kappa shape index (κ3) is 3.70. The zero-order valence-corrected chi connectivity index (χ0v) is 15.1. The van der Waals surface area contributed by atoms with E-state index in [0.29, 0.717) is 13.1 Å². The van der Waals surface area contributed by atoms with Crippen molar-refractivity contribution in [3.05, 3.63) is 34.9 Å². The lowest BCUT2D eigenvalue weighted by Crippen LogP contribution is -2.59. The number of sulfonamides is 1. The fourth-order valence-corrected chi connectivity index (χ4v) is 4.29. The lowest BCUT2D eigenvalue weighted by Gasteiger charge is -2.44. The van der Waals surface area contributed by atoms with Gasteiger partial charge in [-0.25, -0.2) is 8.42 Å². The molecule has 0 radical (unpaired) electrons. The molecule has 0 N–H and O–H groups in total. The van der Waals surface area contributed by atoms with Crippen LogP contribution in [0.15, 0.2) is 18.2 Å². The smallest absolute Gasteiger partial charge is 0.214 e. The minimum atomic E-state index is -3.04. The van der Waals surface area contributed by atoms with E-state index in [4.69, 9.17) is 0 Å². The van der Waals surface area contributed by atoms with Crippen LogP contribution in [0.5, 0.6) is 0 Å². The van der Waals surface area contributed by atoms with Gasteiger partial charge in [-0.15, -0.1) is 0 Å². The van der Waals surface area contributed by atoms with Crippen molar-refractivity contribution in [2.75, 3.05) is 38.5 Å². The molecule has 1 aromatic carbocycles. The number of benzene rings is 1. The summed E-state index contributed by atoms with van der Waals surface area (Å²) in [4.78, 5) is 0. The summed E-state index contributed by atoms with van der Waals surface area (Å²) >= 11 is 0. The number of hydrogen-bond acceptors (Lipinski definition) is 2. The molecule has 4 nitrogen and oxygen atoms in total. The van der Waals surface area contributed by atoms with E-state index in [1.54, 1.807) is 11.2 Å². The van der Waals surface area contributed by atoms with Crippen molar-refractivity contribution in [1.29, 1.82) is 0 Å². The van der Waals surface area contributed by atoms with Gasteiger partial charge in [0.1, 0.15) is 6.54 Å². The van der Waals surface area contributed by atoms with Gasteiger partial charge in [0.2, 0.25) is 10.0 Å². The van der Waals surface area contributed by atoms with Gasteiger partial charge in [0.15, 0.2) is 0 Å². The van der Waals surface area contributed by atoms with Gasteiger partial charge in [-0.2, -0.15) is 4.31 Å². The summed E-state index contributed by atoms with van der Waals surface area (Å²) in [7, 11) is -3.04. The largest absolute Gasteiger partial charge is 0.318 e. The second kappa shape index (κ2) is 6.69. The van der Waals surface area contributed by atoms with Crippen molar-refractivity contribution in [2.24, 2.45) is 0 Å². The molecule has 1 aromatic rings. The molecule has 0 saturated carbocycles. The molecular formula is C17H29N2O2S+. The number of likely N-dealkylation sites (N-methyl/N-ethyl adjacent to an activating group) is 1. The van der Waals surface area contributed by atoms with Gasteiger partial charge in [0, 0.05) is 5.56 Å². The molecule has 0 unspecified atom stereocenters. The molecule has 0 aliphatic carbocycles. The Labute approximate surface area is 135 Å². The monoisotopic (exact) mass is 325 g/mol. The number of nitrogens with zero attached hydrogens (tertiary/aromatic N) is 2. The molecule has 22 heavy (non-hydrogen) atoms. The van der Waals surface area contributed by atoms with Crippen LogP contribution in [0.2, 0.25) is 0 Å². The summed E-state index contributed by atoms with van der Waals surface area (Å²) in [5.41, 5.74) is 4.02. The fraction of sp³-hybridized carbons (Fsp3) is 0.647. The molecule has 1 saturated heterocycles. The Balaban J connectivity index is 2.10. The number of quaternary nitrogens is 1. The standard InChI is InChI=1S/C17H29N2O2S/c1-5-19(14-17-8-7-15(3)16(4)13-17)11-9-18(10-12-19)22(20,21)6-2/h7-8,13H,5-6,9-12,14H2,1-4H3/q+1. The average Bonchev–Trinajstić information content (AvgIpc) is 2.51. The summed E-state index contributed by atoms with van der Waals surface area (Å²) in [6.07, 6.45) is 0. The maximum atomic E-state index is 12.0. The second-order valence-electron chi connectivity index (χ2n) is 6.48. The van der Waals surface area contributed by atoms with Crippen LogP contribution in [0.1, 0.15) is 30.5 Å². The van der Waals surface area contributed by atoms with E-state index >= 15 is 0 Å². The Morgan fingerprint density at radius 3 is 2.23 bits per heavy atom. The van der Waals surface area contributed by atoms with Crippen molar-refractivity contribution in [1.82, 2.24) is 4.31 Å². The highest BCUT2D eigenvalue weighted by molar-refractivity contribution is 7.89. The Morgan fingerprint density at radius 1 is 1.09 bits per heavy atom. The summed E-state index contributed by atoms with van der Waals surface area (Å²) in [6, 6.07) is 6.68. The average molecular weight is 325 g/mol. The summed E-state index contributed by atoms with van der Waals surface area (Å²) in [5.74, 6) is 0.205. The number of hydrogen-bond donors (Lipinski definition) is 0. The van der Waals surface area contributed by atoms with Crippen molar-refractivity contribution >= 4 is 10.0 Å². The van der Waals surface area contributed by atoms with E-state index in [0.717, 1.165) is 30.7 Å². The third-order valence-corrected chi connectivity index (χ3v) is 7.05. The van der Waals surface area contributed by atoms with Crippen LogP contribution < -0.4 is 0 Å². The summed E-state index contributed by atoms with van der Waals surface area (Å²) in [6.45, 7) is 13.4. The molecule has 1 aliphatic heterocycles. The van der Waals surface area contributed by atoms with Crippen molar-refractivity contribution < 1.29 is 12.9 Å². The fourth-order valence-electron chi connectivity index (χ4n) is 3.21. The predicted molar refractivity (Wildman–Crippen MR) is 91.2 cm³/mol. The Kier molecular flexibility index (Phi) is 5.30. The highest BCUT2D eigenvalue weighted by atomic mass is 32.2. The van der Waals surface area contributed by atoms with Gasteiger partial charge in [-0.1, -0.05) is 18.2 Å². The van der Waals surface area contributed by atoms with Gasteiger partial charge in [0.25, 0.3) is 0 Å². The van der Waals surface area contributed by atoms with E-state index in [9.17, 15) is 8.42 Å². The number of piperazine rings is 1. The van der Waals surface area contributed by atoms with Crippen LogP contribution in [0, 0.1) is 13.8 Å². The van der Waals surface area contributed by atoms with Crippen LogP contribution in [0.25, 0.3) is 0 Å². The van der Waals surface area contributed by atoms with E-state index < -0.39 is 10.0 Å². The Hall–Kier alpha value is -0.910. The maximum Gasteiger partial charge on any atom is 0.214 e. The predicted octanol–water partition coefficient (Wildman–Crippen LogP) is 2.31. The minimum absolute atomic E-state index is 0.205. The topological polar surface area (TPSA) is 37.4 Å². The van der Waals surface area contributed by atoms with Gasteiger partial charge in [0.05, 0.1) is 38.5 Å². The van der Waals surface area contributed by atoms with Gasteiger partial charge in [-0.3, -0.25) is 0 Å². The van der Waals surface area contributed by atoms with E-state index in [1.165, 1.54) is 16.7 Å². The first-order valence-electron chi connectivity index (χ1n) is 8.21. The number of rotatable bonds is 5. The zero-order chi connectivity index (χ0) is 16.4. The van der Waals surface area contributed by atoms with Crippen LogP contribution in [0.3, 0.4) is 0 Å². The van der Waals surface area contributed by atoms with Gasteiger partial charge >= 0.3 is 0 Å². The SMILES string of the molecule is CC[N+]1(Cc2ccc(C)c(C)c2)CCN(S(=O)(=O)CC)CC1. The summed E-state index contributed by atoms with van der Waals surface area (Å²) in [5, 5.41) is 0. The first kappa shape index (κ1) is 17.4. The van der Waals surface area contributed by atoms with E-state index in [-0.39, 0.29) is 5.75 Å². The van der Waals surface area contributed by atoms with Crippen LogP contribution >= 0.6 is 0 Å². The molecule has 1 aliphatic rings. The van der Waals surface area contributed by atoms with Crippen molar-refractivity contribution in [3.63, 3.8) is 0 Å². The summed E-state index contributed by atoms with van der Waals surface area (Å²) < 4.78 is 26.7. The molecular weight excluding hydrogens is 296 g/mol. The highest BCUT2D eigenvalue weighted by Crippen LogP contribution is 2.21. The molecule has 124 valence electrons. The van der Waals surface area contributed by atoms with Crippen molar-refractivity contribution in [2.45, 2.75) is 34.2 Å². The molecule has 1 heterocycles. The molecule has 0 spiro atoms. The highest BCUT2D eigenvalue weighted by Gasteiger charge is 2.35. The molecule has 5 heteroatoms. The second-order valence-corrected chi connectivity index (χ2v) is 8.74. The maximum absolute atomic E-state index is 12.0. The molecule has 2 rings (SSSR count). The van der Waals surface area contributed by atoms with Gasteiger partial charge < -0.3 is 4.48 Å². The molecule has 0 aromatic heterocycles. The molecule has 0 atom stereocenters. The van der Waals surface area contributed by atoms with Crippen molar-refractivity contribution in [3.8, 4) is 0 Å². The van der Waals surface area contributed by atoms with Crippen LogP contribution in [0.4, 0.5) is 0 Å². The van der Waals surface area contributed by atoms with Gasteiger partial charge in [-0.05, 0) is 38.8 Å². The lowest BCUT2D eigenvalue weighted by molar-refractivity contribution is -0.942. The first-order valence-corrected chi connectivity index (χ1v) is 9.82. The van der Waals surface area contributed by atoms with Crippen LogP contribution in [-0.2, 0) is 16.6 Å². The lowest BCUT2D eigenvalue weighted by atomic mass is 10.0. The minimum Gasteiger partial charge on any atom is -0.318 e. The Morgan fingerprint density at radius 2 is 1.73 bits per heavy atom. The zero-order valence-electron chi connectivity index (χ0n) is 14.3.